The number of carbonyl (C=O) groups is 2. The summed E-state index contributed by atoms with van der Waals surface area (Å²) >= 11 is 12.5. The van der Waals surface area contributed by atoms with Gasteiger partial charge in [-0.15, -0.1) is 0 Å². The zero-order valence-electron chi connectivity index (χ0n) is 15.1. The summed E-state index contributed by atoms with van der Waals surface area (Å²) in [5.41, 5.74) is 2.59. The van der Waals surface area contributed by atoms with Crippen molar-refractivity contribution in [3.63, 3.8) is 0 Å². The first-order valence-electron chi connectivity index (χ1n) is 8.33. The van der Waals surface area contributed by atoms with Gasteiger partial charge in [-0.3, -0.25) is 9.59 Å². The first kappa shape index (κ1) is 20.3. The van der Waals surface area contributed by atoms with E-state index in [0.29, 0.717) is 15.6 Å². The molecule has 2 aromatic rings. The van der Waals surface area contributed by atoms with Crippen molar-refractivity contribution >= 4 is 35.0 Å². The minimum Gasteiger partial charge on any atom is -0.357 e. The molecule has 0 unspecified atom stereocenters. The van der Waals surface area contributed by atoms with Crippen molar-refractivity contribution in [1.29, 1.82) is 0 Å². The number of hydrogen-bond acceptors (Lipinski definition) is 2. The van der Waals surface area contributed by atoms with Crippen LogP contribution in [0.1, 0.15) is 23.6 Å². The second-order valence-corrected chi connectivity index (χ2v) is 6.93. The third-order valence-electron chi connectivity index (χ3n) is 4.41. The van der Waals surface area contributed by atoms with Crippen molar-refractivity contribution in [1.82, 2.24) is 10.2 Å². The fourth-order valence-electron chi connectivity index (χ4n) is 2.72. The Morgan fingerprint density at radius 2 is 1.69 bits per heavy atom. The largest absolute Gasteiger partial charge is 0.357 e. The number of rotatable bonds is 6. The van der Waals surface area contributed by atoms with Gasteiger partial charge < -0.3 is 10.2 Å². The highest BCUT2D eigenvalue weighted by Gasteiger charge is 2.27. The van der Waals surface area contributed by atoms with Gasteiger partial charge in [-0.05, 0) is 37.1 Å². The summed E-state index contributed by atoms with van der Waals surface area (Å²) in [6.07, 6.45) is 0.204. The second kappa shape index (κ2) is 9.06. The number of halogens is 2. The standard InChI is InChI=1S/C20H22Cl2N2O2/c1-13-7-4-5-8-15(13)11-19(25)24(14(2)20(26)23-3)12-16-17(21)9-6-10-18(16)22/h4-10,14H,11-12H2,1-3H3,(H,23,26)/t14-/m0/s1. The number of nitrogens with one attached hydrogen (secondary N) is 1. The highest BCUT2D eigenvalue weighted by molar-refractivity contribution is 6.36. The van der Waals surface area contributed by atoms with Gasteiger partial charge in [0.25, 0.3) is 0 Å². The van der Waals surface area contributed by atoms with Crippen molar-refractivity contribution in [2.45, 2.75) is 32.9 Å². The zero-order valence-corrected chi connectivity index (χ0v) is 16.6. The predicted molar refractivity (Wildman–Crippen MR) is 105 cm³/mol. The third-order valence-corrected chi connectivity index (χ3v) is 5.11. The maximum Gasteiger partial charge on any atom is 0.242 e. The zero-order chi connectivity index (χ0) is 19.3. The molecular formula is C20H22Cl2N2O2. The van der Waals surface area contributed by atoms with Gasteiger partial charge in [0.2, 0.25) is 11.8 Å². The molecule has 0 spiro atoms. The van der Waals surface area contributed by atoms with Crippen LogP contribution in [0.2, 0.25) is 10.0 Å². The van der Waals surface area contributed by atoms with Crippen molar-refractivity contribution < 1.29 is 9.59 Å². The third kappa shape index (κ3) is 4.77. The number of hydrogen-bond donors (Lipinski definition) is 1. The van der Waals surface area contributed by atoms with E-state index in [2.05, 4.69) is 5.32 Å². The monoisotopic (exact) mass is 392 g/mol. The molecule has 0 saturated carbocycles. The number of nitrogens with zero attached hydrogens (tertiary/aromatic N) is 1. The van der Waals surface area contributed by atoms with Gasteiger partial charge in [-0.2, -0.15) is 0 Å². The summed E-state index contributed by atoms with van der Waals surface area (Å²) in [6.45, 7) is 3.82. The van der Waals surface area contributed by atoms with Gasteiger partial charge in [0.15, 0.2) is 0 Å². The average Bonchev–Trinajstić information content (AvgIpc) is 2.62. The molecular weight excluding hydrogens is 371 g/mol. The van der Waals surface area contributed by atoms with E-state index in [1.807, 2.05) is 31.2 Å². The van der Waals surface area contributed by atoms with Crippen LogP contribution in [0.3, 0.4) is 0 Å². The van der Waals surface area contributed by atoms with Gasteiger partial charge >= 0.3 is 0 Å². The van der Waals surface area contributed by atoms with Crippen LogP contribution in [0, 0.1) is 6.92 Å². The van der Waals surface area contributed by atoms with Crippen LogP contribution in [-0.2, 0) is 22.6 Å². The van der Waals surface area contributed by atoms with E-state index in [4.69, 9.17) is 23.2 Å². The molecule has 0 heterocycles. The lowest BCUT2D eigenvalue weighted by Crippen LogP contribution is -2.47. The van der Waals surface area contributed by atoms with Crippen molar-refractivity contribution in [3.05, 3.63) is 69.2 Å². The quantitative estimate of drug-likeness (QED) is 0.806. The Morgan fingerprint density at radius 3 is 2.27 bits per heavy atom. The van der Waals surface area contributed by atoms with Crippen LogP contribution in [-0.4, -0.2) is 29.8 Å². The average molecular weight is 393 g/mol. The highest BCUT2D eigenvalue weighted by Crippen LogP contribution is 2.27. The molecule has 1 atom stereocenters. The number of benzene rings is 2. The number of amides is 2. The highest BCUT2D eigenvalue weighted by atomic mass is 35.5. The Balaban J connectivity index is 2.33. The summed E-state index contributed by atoms with van der Waals surface area (Å²) in [7, 11) is 1.55. The fourth-order valence-corrected chi connectivity index (χ4v) is 3.24. The fraction of sp³-hybridized carbons (Fsp3) is 0.300. The van der Waals surface area contributed by atoms with Crippen molar-refractivity contribution in [2.24, 2.45) is 0 Å². The smallest absolute Gasteiger partial charge is 0.242 e. The molecule has 0 aliphatic heterocycles. The predicted octanol–water partition coefficient (Wildman–Crippen LogP) is 4.01. The van der Waals surface area contributed by atoms with Gasteiger partial charge in [0.1, 0.15) is 6.04 Å². The lowest BCUT2D eigenvalue weighted by Gasteiger charge is -2.29. The van der Waals surface area contributed by atoms with Gasteiger partial charge in [0, 0.05) is 29.2 Å². The summed E-state index contributed by atoms with van der Waals surface area (Å²) in [5.74, 6) is -0.405. The van der Waals surface area contributed by atoms with E-state index < -0.39 is 6.04 Å². The van der Waals surface area contributed by atoms with Crippen molar-refractivity contribution in [3.8, 4) is 0 Å². The minimum atomic E-state index is -0.649. The molecule has 2 aromatic carbocycles. The molecule has 0 saturated heterocycles. The molecule has 6 heteroatoms. The SMILES string of the molecule is CNC(=O)[C@H](C)N(Cc1c(Cl)cccc1Cl)C(=O)Cc1ccccc1C. The summed E-state index contributed by atoms with van der Waals surface area (Å²) < 4.78 is 0. The van der Waals surface area contributed by atoms with Gasteiger partial charge in [-0.25, -0.2) is 0 Å². The van der Waals surface area contributed by atoms with E-state index >= 15 is 0 Å². The van der Waals surface area contributed by atoms with Crippen LogP contribution in [0.15, 0.2) is 42.5 Å². The van der Waals surface area contributed by atoms with E-state index in [0.717, 1.165) is 11.1 Å². The van der Waals surface area contributed by atoms with Crippen molar-refractivity contribution in [2.75, 3.05) is 7.05 Å². The molecule has 26 heavy (non-hydrogen) atoms. The molecule has 0 bridgehead atoms. The summed E-state index contributed by atoms with van der Waals surface area (Å²) in [5, 5.41) is 3.53. The maximum absolute atomic E-state index is 13.0. The van der Waals surface area contributed by atoms with Crippen LogP contribution in [0.5, 0.6) is 0 Å². The second-order valence-electron chi connectivity index (χ2n) is 6.12. The van der Waals surface area contributed by atoms with Crippen LogP contribution in [0.25, 0.3) is 0 Å². The van der Waals surface area contributed by atoms with E-state index in [-0.39, 0.29) is 24.8 Å². The Morgan fingerprint density at radius 1 is 1.08 bits per heavy atom. The lowest BCUT2D eigenvalue weighted by molar-refractivity contribution is -0.139. The first-order valence-corrected chi connectivity index (χ1v) is 9.09. The molecule has 4 nitrogen and oxygen atoms in total. The number of aryl methyl sites for hydroxylation is 1. The molecule has 2 rings (SSSR count). The Labute approximate surface area is 164 Å². The minimum absolute atomic E-state index is 0.161. The Hall–Kier alpha value is -2.04. The van der Waals surface area contributed by atoms with Crippen LogP contribution >= 0.6 is 23.2 Å². The number of carbonyl (C=O) groups excluding carboxylic acids is 2. The molecule has 2 amide bonds. The van der Waals surface area contributed by atoms with E-state index in [1.54, 1.807) is 32.2 Å². The molecule has 0 fully saturated rings. The van der Waals surface area contributed by atoms with Gasteiger partial charge in [0.05, 0.1) is 6.42 Å². The molecule has 1 N–H and O–H groups in total. The summed E-state index contributed by atoms with van der Waals surface area (Å²) in [4.78, 5) is 26.7. The summed E-state index contributed by atoms with van der Waals surface area (Å²) in [6, 6.07) is 12.2. The molecule has 138 valence electrons. The number of likely N-dealkylation sites (N-methyl/N-ethyl adjacent to an activating group) is 1. The molecule has 0 aliphatic rings. The lowest BCUT2D eigenvalue weighted by atomic mass is 10.0. The first-order chi connectivity index (χ1) is 12.3. The van der Waals surface area contributed by atoms with Crippen LogP contribution in [0.4, 0.5) is 0 Å². The molecule has 0 aromatic heterocycles. The molecule has 0 aliphatic carbocycles. The normalized spacial score (nSPS) is 11.7. The maximum atomic E-state index is 13.0. The molecule has 0 radical (unpaired) electrons. The Bertz CT molecular complexity index is 788. The topological polar surface area (TPSA) is 49.4 Å². The Kier molecular flexibility index (Phi) is 7.06. The van der Waals surface area contributed by atoms with Crippen LogP contribution < -0.4 is 5.32 Å². The van der Waals surface area contributed by atoms with Gasteiger partial charge in [-0.1, -0.05) is 53.5 Å². The van der Waals surface area contributed by atoms with E-state index in [1.165, 1.54) is 4.90 Å². The van der Waals surface area contributed by atoms with E-state index in [9.17, 15) is 9.59 Å².